The van der Waals surface area contributed by atoms with Crippen molar-refractivity contribution in [3.8, 4) is 23.3 Å². The molecule has 0 aromatic heterocycles. The lowest BCUT2D eigenvalue weighted by Crippen LogP contribution is -1.89. The second-order valence-corrected chi connectivity index (χ2v) is 4.77. The topological polar surface area (TPSA) is 53.2 Å². The lowest BCUT2D eigenvalue weighted by atomic mass is 10.2. The third kappa shape index (κ3) is 2.82. The summed E-state index contributed by atoms with van der Waals surface area (Å²) in [7, 11) is 0. The molecule has 18 heavy (non-hydrogen) atoms. The maximum absolute atomic E-state index is 9.49. The number of hydrogen-bond acceptors (Lipinski definition) is 3. The van der Waals surface area contributed by atoms with Gasteiger partial charge in [0.25, 0.3) is 0 Å². The zero-order valence-corrected chi connectivity index (χ0v) is 11.2. The van der Waals surface area contributed by atoms with Crippen LogP contribution in [0.15, 0.2) is 40.9 Å². The van der Waals surface area contributed by atoms with Gasteiger partial charge in [-0.1, -0.05) is 15.9 Å². The van der Waals surface area contributed by atoms with E-state index < -0.39 is 0 Å². The van der Waals surface area contributed by atoms with Crippen molar-refractivity contribution >= 4 is 15.9 Å². The van der Waals surface area contributed by atoms with Gasteiger partial charge in [0.1, 0.15) is 23.3 Å². The van der Waals surface area contributed by atoms with Crippen LogP contribution in [0.25, 0.3) is 0 Å². The second kappa shape index (κ2) is 5.11. The van der Waals surface area contributed by atoms with Crippen LogP contribution in [0.5, 0.6) is 17.2 Å². The average molecular weight is 304 g/mol. The number of phenolic OH excluding ortho intramolecular Hbond substituents is 1. The Kier molecular flexibility index (Phi) is 3.54. The summed E-state index contributed by atoms with van der Waals surface area (Å²) in [6.07, 6.45) is 0. The Morgan fingerprint density at radius 1 is 1.22 bits per heavy atom. The molecule has 0 heterocycles. The van der Waals surface area contributed by atoms with Crippen LogP contribution in [-0.4, -0.2) is 5.11 Å². The molecule has 2 aromatic rings. The van der Waals surface area contributed by atoms with Crippen molar-refractivity contribution in [1.82, 2.24) is 0 Å². The van der Waals surface area contributed by atoms with E-state index in [1.165, 1.54) is 6.07 Å². The van der Waals surface area contributed by atoms with E-state index in [2.05, 4.69) is 22.0 Å². The molecule has 0 unspecified atom stereocenters. The molecule has 1 N–H and O–H groups in total. The van der Waals surface area contributed by atoms with Crippen molar-refractivity contribution in [1.29, 1.82) is 5.26 Å². The highest BCUT2D eigenvalue weighted by molar-refractivity contribution is 9.10. The molecule has 0 spiro atoms. The van der Waals surface area contributed by atoms with Crippen molar-refractivity contribution in [2.24, 2.45) is 0 Å². The fourth-order valence-corrected chi connectivity index (χ4v) is 1.95. The standard InChI is InChI=1S/C14H10BrNO2/c1-9-4-12(17)7-13(5-9)18-14-3-2-11(15)6-10(14)8-16/h2-7,17H,1H3. The number of rotatable bonds is 2. The molecule has 0 saturated carbocycles. The quantitative estimate of drug-likeness (QED) is 0.907. The monoisotopic (exact) mass is 303 g/mol. The first kappa shape index (κ1) is 12.5. The van der Waals surface area contributed by atoms with Gasteiger partial charge < -0.3 is 9.84 Å². The largest absolute Gasteiger partial charge is 0.508 e. The molecule has 3 nitrogen and oxygen atoms in total. The van der Waals surface area contributed by atoms with Gasteiger partial charge in [-0.2, -0.15) is 5.26 Å². The zero-order chi connectivity index (χ0) is 13.1. The minimum atomic E-state index is 0.139. The summed E-state index contributed by atoms with van der Waals surface area (Å²) in [6, 6.07) is 12.2. The lowest BCUT2D eigenvalue weighted by Gasteiger charge is -2.09. The molecular weight excluding hydrogens is 294 g/mol. The minimum absolute atomic E-state index is 0.139. The number of ether oxygens (including phenoxy) is 1. The molecule has 0 amide bonds. The first-order valence-corrected chi connectivity index (χ1v) is 6.06. The van der Waals surface area contributed by atoms with E-state index in [4.69, 9.17) is 10.00 Å². The molecule has 0 aliphatic rings. The van der Waals surface area contributed by atoms with Crippen LogP contribution in [-0.2, 0) is 0 Å². The highest BCUT2D eigenvalue weighted by Gasteiger charge is 2.06. The van der Waals surface area contributed by atoms with Gasteiger partial charge in [0.15, 0.2) is 0 Å². The summed E-state index contributed by atoms with van der Waals surface area (Å²) >= 11 is 3.30. The Bertz CT molecular complexity index is 612. The SMILES string of the molecule is Cc1cc(O)cc(Oc2ccc(Br)cc2C#N)c1. The van der Waals surface area contributed by atoms with Crippen LogP contribution < -0.4 is 4.74 Å². The van der Waals surface area contributed by atoms with Gasteiger partial charge in [0.05, 0.1) is 5.56 Å². The smallest absolute Gasteiger partial charge is 0.145 e. The first-order valence-electron chi connectivity index (χ1n) is 5.26. The number of phenols is 1. The molecule has 0 radical (unpaired) electrons. The summed E-state index contributed by atoms with van der Waals surface area (Å²) in [5.41, 5.74) is 1.32. The number of nitriles is 1. The summed E-state index contributed by atoms with van der Waals surface area (Å²) in [4.78, 5) is 0. The van der Waals surface area contributed by atoms with Crippen molar-refractivity contribution in [3.63, 3.8) is 0 Å². The Balaban J connectivity index is 2.37. The lowest BCUT2D eigenvalue weighted by molar-refractivity contribution is 0.454. The molecule has 0 fully saturated rings. The van der Waals surface area contributed by atoms with Crippen LogP contribution in [0.3, 0.4) is 0 Å². The van der Waals surface area contributed by atoms with Crippen LogP contribution in [0, 0.1) is 18.3 Å². The highest BCUT2D eigenvalue weighted by atomic mass is 79.9. The van der Waals surface area contributed by atoms with E-state index in [9.17, 15) is 5.11 Å². The van der Waals surface area contributed by atoms with E-state index in [1.54, 1.807) is 30.3 Å². The predicted molar refractivity (Wildman–Crippen MR) is 71.8 cm³/mol. The highest BCUT2D eigenvalue weighted by Crippen LogP contribution is 2.30. The molecule has 2 rings (SSSR count). The number of nitrogens with zero attached hydrogens (tertiary/aromatic N) is 1. The molecular formula is C14H10BrNO2. The molecule has 2 aromatic carbocycles. The third-order valence-corrected chi connectivity index (χ3v) is 2.82. The Hall–Kier alpha value is -1.99. The third-order valence-electron chi connectivity index (χ3n) is 2.33. The van der Waals surface area contributed by atoms with Gasteiger partial charge in [-0.3, -0.25) is 0 Å². The van der Waals surface area contributed by atoms with Gasteiger partial charge in [-0.15, -0.1) is 0 Å². The molecule has 0 saturated heterocycles. The fraction of sp³-hybridized carbons (Fsp3) is 0.0714. The molecule has 0 aliphatic carbocycles. The van der Waals surface area contributed by atoms with Gasteiger partial charge in [0, 0.05) is 10.5 Å². The molecule has 0 bridgehead atoms. The maximum Gasteiger partial charge on any atom is 0.145 e. The van der Waals surface area contributed by atoms with Crippen LogP contribution in [0.1, 0.15) is 11.1 Å². The van der Waals surface area contributed by atoms with E-state index in [0.29, 0.717) is 17.1 Å². The van der Waals surface area contributed by atoms with Crippen molar-refractivity contribution < 1.29 is 9.84 Å². The average Bonchev–Trinajstić information content (AvgIpc) is 2.30. The summed E-state index contributed by atoms with van der Waals surface area (Å²) < 4.78 is 6.43. The van der Waals surface area contributed by atoms with E-state index in [-0.39, 0.29) is 5.75 Å². The Labute approximate surface area is 113 Å². The van der Waals surface area contributed by atoms with Crippen LogP contribution in [0.2, 0.25) is 0 Å². The van der Waals surface area contributed by atoms with Crippen LogP contribution >= 0.6 is 15.9 Å². The summed E-state index contributed by atoms with van der Waals surface area (Å²) in [5, 5.41) is 18.5. The molecule has 90 valence electrons. The summed E-state index contributed by atoms with van der Waals surface area (Å²) in [5.74, 6) is 1.11. The first-order chi connectivity index (χ1) is 8.58. The molecule has 0 aliphatic heterocycles. The van der Waals surface area contributed by atoms with Crippen molar-refractivity contribution in [3.05, 3.63) is 52.0 Å². The number of halogens is 1. The van der Waals surface area contributed by atoms with Gasteiger partial charge in [-0.05, 0) is 42.8 Å². The zero-order valence-electron chi connectivity index (χ0n) is 9.64. The van der Waals surface area contributed by atoms with Crippen LogP contribution in [0.4, 0.5) is 0 Å². The van der Waals surface area contributed by atoms with E-state index >= 15 is 0 Å². The minimum Gasteiger partial charge on any atom is -0.508 e. The number of aromatic hydroxyl groups is 1. The van der Waals surface area contributed by atoms with Gasteiger partial charge in [-0.25, -0.2) is 0 Å². The van der Waals surface area contributed by atoms with Crippen molar-refractivity contribution in [2.75, 3.05) is 0 Å². The Morgan fingerprint density at radius 2 is 2.00 bits per heavy atom. The van der Waals surface area contributed by atoms with E-state index in [1.807, 2.05) is 6.92 Å². The van der Waals surface area contributed by atoms with E-state index in [0.717, 1.165) is 10.0 Å². The number of benzene rings is 2. The van der Waals surface area contributed by atoms with Crippen molar-refractivity contribution in [2.45, 2.75) is 6.92 Å². The second-order valence-electron chi connectivity index (χ2n) is 3.86. The number of hydrogen-bond donors (Lipinski definition) is 1. The van der Waals surface area contributed by atoms with Gasteiger partial charge in [0.2, 0.25) is 0 Å². The normalized spacial score (nSPS) is 9.83. The number of aryl methyl sites for hydroxylation is 1. The summed E-state index contributed by atoms with van der Waals surface area (Å²) in [6.45, 7) is 1.86. The Morgan fingerprint density at radius 3 is 2.67 bits per heavy atom. The maximum atomic E-state index is 9.49. The fourth-order valence-electron chi connectivity index (χ4n) is 1.59. The predicted octanol–water partition coefficient (Wildman–Crippen LogP) is 4.13. The molecule has 0 atom stereocenters. The molecule has 4 heteroatoms. The van der Waals surface area contributed by atoms with Gasteiger partial charge >= 0.3 is 0 Å².